The van der Waals surface area contributed by atoms with Crippen LogP contribution in [-0.2, 0) is 0 Å². The van der Waals surface area contributed by atoms with Crippen LogP contribution in [0.15, 0.2) is 35.5 Å². The quantitative estimate of drug-likeness (QED) is 0.481. The zero-order chi connectivity index (χ0) is 14.8. The summed E-state index contributed by atoms with van der Waals surface area (Å²) in [6, 6.07) is 0. The van der Waals surface area contributed by atoms with Gasteiger partial charge in [-0.25, -0.2) is 0 Å². The van der Waals surface area contributed by atoms with Crippen molar-refractivity contribution < 1.29 is 0 Å². The Kier molecular flexibility index (Phi) is 4.94. The second kappa shape index (κ2) is 6.33. The van der Waals surface area contributed by atoms with E-state index in [1.165, 1.54) is 50.5 Å². The molecule has 112 valence electrons. The molecule has 0 bridgehead atoms. The molecule has 0 amide bonds. The molecule has 0 radical (unpaired) electrons. The van der Waals surface area contributed by atoms with Crippen molar-refractivity contribution >= 4 is 0 Å². The second-order valence-electron chi connectivity index (χ2n) is 7.63. The standard InChI is InChI=1S/C20H32/c1-15(2)18-12-14-20(5)13-11-17(4)8-6-7-16(3)9-10-19(18)20/h7,11,18-19H,1,6,8-10,12-14H2,2-5H3/b16-7-,17-11-/t18-,19+,20+/m1/s1. The molecule has 0 saturated heterocycles. The molecule has 0 aromatic rings. The van der Waals surface area contributed by atoms with Gasteiger partial charge >= 0.3 is 0 Å². The summed E-state index contributed by atoms with van der Waals surface area (Å²) < 4.78 is 0. The molecule has 0 nitrogen and oxygen atoms in total. The predicted octanol–water partition coefficient (Wildman–Crippen LogP) is 6.45. The maximum absolute atomic E-state index is 4.28. The lowest BCUT2D eigenvalue weighted by Gasteiger charge is -2.34. The Bertz CT molecular complexity index is 423. The Balaban J connectivity index is 2.26. The summed E-state index contributed by atoms with van der Waals surface area (Å²) in [6.07, 6.45) is 14.1. The van der Waals surface area contributed by atoms with Crippen LogP contribution in [0.4, 0.5) is 0 Å². The van der Waals surface area contributed by atoms with E-state index in [9.17, 15) is 0 Å². The highest BCUT2D eigenvalue weighted by Gasteiger charge is 2.43. The fourth-order valence-corrected chi connectivity index (χ4v) is 4.29. The molecule has 0 unspecified atom stereocenters. The largest absolute Gasteiger partial charge is 0.0999 e. The fourth-order valence-electron chi connectivity index (χ4n) is 4.29. The van der Waals surface area contributed by atoms with Gasteiger partial charge in [-0.2, -0.15) is 0 Å². The van der Waals surface area contributed by atoms with Crippen LogP contribution in [0.3, 0.4) is 0 Å². The van der Waals surface area contributed by atoms with Gasteiger partial charge in [-0.3, -0.25) is 0 Å². The minimum Gasteiger partial charge on any atom is -0.0999 e. The molecule has 3 atom stereocenters. The number of fused-ring (bicyclic) bond motifs is 1. The lowest BCUT2D eigenvalue weighted by molar-refractivity contribution is 0.195. The summed E-state index contributed by atoms with van der Waals surface area (Å²) in [7, 11) is 0. The SMILES string of the molecule is C=C(C)[C@H]1CC[C@]2(C)C/C=C(/C)CC/C=C(/C)CC[C@@H]12. The average molecular weight is 272 g/mol. The molecule has 0 aliphatic heterocycles. The molecule has 0 aromatic carbocycles. The third kappa shape index (κ3) is 3.45. The van der Waals surface area contributed by atoms with Crippen LogP contribution < -0.4 is 0 Å². The van der Waals surface area contributed by atoms with Crippen molar-refractivity contribution in [3.8, 4) is 0 Å². The van der Waals surface area contributed by atoms with Gasteiger partial charge in [0.25, 0.3) is 0 Å². The number of hydrogen-bond acceptors (Lipinski definition) is 0. The van der Waals surface area contributed by atoms with Crippen LogP contribution in [-0.4, -0.2) is 0 Å². The van der Waals surface area contributed by atoms with E-state index in [0.717, 1.165) is 11.8 Å². The molecule has 0 heterocycles. The monoisotopic (exact) mass is 272 g/mol. The molecule has 2 aliphatic carbocycles. The van der Waals surface area contributed by atoms with Gasteiger partial charge in [0, 0.05) is 0 Å². The van der Waals surface area contributed by atoms with Crippen LogP contribution in [0.25, 0.3) is 0 Å². The van der Waals surface area contributed by atoms with Crippen LogP contribution in [0.2, 0.25) is 0 Å². The molecule has 1 fully saturated rings. The normalized spacial score (nSPS) is 40.8. The van der Waals surface area contributed by atoms with Gasteiger partial charge in [0.05, 0.1) is 0 Å². The van der Waals surface area contributed by atoms with Crippen molar-refractivity contribution in [2.45, 2.75) is 72.6 Å². The van der Waals surface area contributed by atoms with E-state index >= 15 is 0 Å². The summed E-state index contributed by atoms with van der Waals surface area (Å²) in [6.45, 7) is 13.7. The summed E-state index contributed by atoms with van der Waals surface area (Å²) >= 11 is 0. The molecule has 1 saturated carbocycles. The van der Waals surface area contributed by atoms with Crippen molar-refractivity contribution in [3.63, 3.8) is 0 Å². The van der Waals surface area contributed by atoms with Gasteiger partial charge in [-0.1, -0.05) is 42.4 Å². The van der Waals surface area contributed by atoms with Crippen molar-refractivity contribution in [2.24, 2.45) is 17.3 Å². The van der Waals surface area contributed by atoms with Crippen molar-refractivity contribution in [1.29, 1.82) is 0 Å². The first-order valence-corrected chi connectivity index (χ1v) is 8.39. The smallest absolute Gasteiger partial charge is 0.0175 e. The molecule has 2 rings (SSSR count). The lowest BCUT2D eigenvalue weighted by atomic mass is 9.70. The average Bonchev–Trinajstić information content (AvgIpc) is 2.70. The highest BCUT2D eigenvalue weighted by molar-refractivity contribution is 5.13. The third-order valence-electron chi connectivity index (χ3n) is 5.84. The van der Waals surface area contributed by atoms with E-state index < -0.39 is 0 Å². The van der Waals surface area contributed by atoms with Crippen LogP contribution in [0.1, 0.15) is 72.6 Å². The second-order valence-corrected chi connectivity index (χ2v) is 7.63. The summed E-state index contributed by atoms with van der Waals surface area (Å²) in [5.74, 6) is 1.58. The number of hydrogen-bond donors (Lipinski definition) is 0. The summed E-state index contributed by atoms with van der Waals surface area (Å²) in [5, 5.41) is 0. The Morgan fingerprint density at radius 3 is 2.55 bits per heavy atom. The first-order valence-electron chi connectivity index (χ1n) is 8.39. The van der Waals surface area contributed by atoms with E-state index in [4.69, 9.17) is 0 Å². The first-order chi connectivity index (χ1) is 9.42. The Morgan fingerprint density at radius 1 is 1.15 bits per heavy atom. The Hall–Kier alpha value is -0.780. The van der Waals surface area contributed by atoms with Gasteiger partial charge in [0.1, 0.15) is 0 Å². The Labute approximate surface area is 126 Å². The van der Waals surface area contributed by atoms with E-state index in [1.54, 1.807) is 11.1 Å². The first kappa shape index (κ1) is 15.6. The highest BCUT2D eigenvalue weighted by Crippen LogP contribution is 2.53. The molecule has 0 N–H and O–H groups in total. The van der Waals surface area contributed by atoms with E-state index in [2.05, 4.69) is 46.4 Å². The molecule has 0 aromatic heterocycles. The Morgan fingerprint density at radius 2 is 1.85 bits per heavy atom. The zero-order valence-electron chi connectivity index (χ0n) is 14.0. The van der Waals surface area contributed by atoms with Gasteiger partial charge < -0.3 is 0 Å². The maximum Gasteiger partial charge on any atom is -0.0175 e. The van der Waals surface area contributed by atoms with Crippen molar-refractivity contribution in [2.75, 3.05) is 0 Å². The van der Waals surface area contributed by atoms with E-state index in [0.29, 0.717) is 5.41 Å². The summed E-state index contributed by atoms with van der Waals surface area (Å²) in [4.78, 5) is 0. The minimum atomic E-state index is 0.496. The molecular weight excluding hydrogens is 240 g/mol. The third-order valence-corrected chi connectivity index (χ3v) is 5.84. The zero-order valence-corrected chi connectivity index (χ0v) is 14.0. The molecular formula is C20H32. The topological polar surface area (TPSA) is 0 Å². The molecule has 2 aliphatic rings. The van der Waals surface area contributed by atoms with Gasteiger partial charge in [-0.05, 0) is 83.0 Å². The summed E-state index contributed by atoms with van der Waals surface area (Å²) in [5.41, 5.74) is 5.08. The van der Waals surface area contributed by atoms with Gasteiger partial charge in [0.2, 0.25) is 0 Å². The fraction of sp³-hybridized carbons (Fsp3) is 0.700. The predicted molar refractivity (Wildman–Crippen MR) is 89.7 cm³/mol. The van der Waals surface area contributed by atoms with Crippen molar-refractivity contribution in [1.82, 2.24) is 0 Å². The maximum atomic E-state index is 4.28. The van der Waals surface area contributed by atoms with Gasteiger partial charge in [-0.15, -0.1) is 0 Å². The van der Waals surface area contributed by atoms with Crippen LogP contribution in [0, 0.1) is 17.3 Å². The lowest BCUT2D eigenvalue weighted by Crippen LogP contribution is -2.25. The van der Waals surface area contributed by atoms with Crippen LogP contribution >= 0.6 is 0 Å². The number of rotatable bonds is 1. The highest BCUT2D eigenvalue weighted by atomic mass is 14.5. The van der Waals surface area contributed by atoms with Crippen molar-refractivity contribution in [3.05, 3.63) is 35.5 Å². The molecule has 0 spiro atoms. The van der Waals surface area contributed by atoms with E-state index in [1.807, 2.05) is 0 Å². The number of allylic oxidation sites excluding steroid dienone is 5. The van der Waals surface area contributed by atoms with E-state index in [-0.39, 0.29) is 0 Å². The molecule has 20 heavy (non-hydrogen) atoms. The van der Waals surface area contributed by atoms with Gasteiger partial charge in [0.15, 0.2) is 0 Å². The van der Waals surface area contributed by atoms with Crippen LogP contribution in [0.5, 0.6) is 0 Å². The minimum absolute atomic E-state index is 0.496. The molecule has 0 heteroatoms.